The van der Waals surface area contributed by atoms with Crippen molar-refractivity contribution in [3.63, 3.8) is 0 Å². The molecule has 0 aromatic heterocycles. The van der Waals surface area contributed by atoms with Crippen LogP contribution in [0.3, 0.4) is 0 Å². The normalized spacial score (nSPS) is 11.1. The third kappa shape index (κ3) is 5.34. The lowest BCUT2D eigenvalue weighted by Gasteiger charge is -2.16. The van der Waals surface area contributed by atoms with Gasteiger partial charge in [0.2, 0.25) is 0 Å². The van der Waals surface area contributed by atoms with Gasteiger partial charge in [-0.05, 0) is 38.0 Å². The topological polar surface area (TPSA) is 35.8 Å². The molecule has 0 heterocycles. The molecule has 0 saturated heterocycles. The molecule has 0 amide bonds. The first-order valence-corrected chi connectivity index (χ1v) is 7.36. The van der Waals surface area contributed by atoms with Gasteiger partial charge in [0.1, 0.15) is 0 Å². The first-order valence-electron chi connectivity index (χ1n) is 7.36. The molecule has 1 N–H and O–H groups in total. The van der Waals surface area contributed by atoms with E-state index in [1.807, 2.05) is 26.0 Å². The number of hydrogen-bond acceptors (Lipinski definition) is 2. The van der Waals surface area contributed by atoms with E-state index in [1.54, 1.807) is 0 Å². The molecule has 1 aromatic carbocycles. The molecule has 2 heteroatoms. The van der Waals surface area contributed by atoms with E-state index in [-0.39, 0.29) is 0 Å². The predicted molar refractivity (Wildman–Crippen MR) is 82.3 cm³/mol. The average Bonchev–Trinajstić information content (AvgIpc) is 2.43. The van der Waals surface area contributed by atoms with E-state index in [0.717, 1.165) is 17.8 Å². The molecule has 2 nitrogen and oxygen atoms in total. The van der Waals surface area contributed by atoms with Crippen molar-refractivity contribution in [2.24, 2.45) is 0 Å². The number of nitriles is 1. The van der Waals surface area contributed by atoms with Gasteiger partial charge in [-0.2, -0.15) is 5.26 Å². The fourth-order valence-corrected chi connectivity index (χ4v) is 2.03. The number of anilines is 1. The molecule has 0 fully saturated rings. The molecule has 0 aliphatic rings. The van der Waals surface area contributed by atoms with Crippen molar-refractivity contribution >= 4 is 5.69 Å². The third-order valence-corrected chi connectivity index (χ3v) is 3.50. The van der Waals surface area contributed by atoms with Gasteiger partial charge >= 0.3 is 0 Å². The number of rotatable bonds is 8. The SMILES string of the molecule is CCCCCCCNc1ccc(C(C)(C)C#N)cc1. The second-order valence-corrected chi connectivity index (χ2v) is 5.66. The summed E-state index contributed by atoms with van der Waals surface area (Å²) in [6.07, 6.45) is 6.51. The van der Waals surface area contributed by atoms with E-state index in [1.165, 1.54) is 32.1 Å². The molecule has 1 aromatic rings. The Morgan fingerprint density at radius 3 is 2.26 bits per heavy atom. The quantitative estimate of drug-likeness (QED) is 0.675. The van der Waals surface area contributed by atoms with Crippen LogP contribution in [0.2, 0.25) is 0 Å². The molecule has 0 unspecified atom stereocenters. The Morgan fingerprint density at radius 1 is 1.05 bits per heavy atom. The smallest absolute Gasteiger partial charge is 0.0766 e. The van der Waals surface area contributed by atoms with E-state index >= 15 is 0 Å². The van der Waals surface area contributed by atoms with Crippen LogP contribution >= 0.6 is 0 Å². The van der Waals surface area contributed by atoms with Crippen LogP contribution in [0.25, 0.3) is 0 Å². The molecule has 0 aliphatic carbocycles. The molecule has 1 rings (SSSR count). The van der Waals surface area contributed by atoms with Crippen molar-refractivity contribution in [3.05, 3.63) is 29.8 Å². The Morgan fingerprint density at radius 2 is 1.68 bits per heavy atom. The summed E-state index contributed by atoms with van der Waals surface area (Å²) in [5.74, 6) is 0. The number of nitrogens with zero attached hydrogens (tertiary/aromatic N) is 1. The Hall–Kier alpha value is -1.49. The standard InChI is InChI=1S/C17H26N2/c1-4-5-6-7-8-13-19-16-11-9-15(10-12-16)17(2,3)14-18/h9-12,19H,4-8,13H2,1-3H3. The van der Waals surface area contributed by atoms with E-state index in [9.17, 15) is 0 Å². The van der Waals surface area contributed by atoms with Crippen molar-refractivity contribution in [1.29, 1.82) is 5.26 Å². The lowest BCUT2D eigenvalue weighted by atomic mass is 9.86. The van der Waals surface area contributed by atoms with Crippen molar-refractivity contribution in [2.75, 3.05) is 11.9 Å². The molecular formula is C17H26N2. The van der Waals surface area contributed by atoms with E-state index in [4.69, 9.17) is 5.26 Å². The highest BCUT2D eigenvalue weighted by Crippen LogP contribution is 2.23. The van der Waals surface area contributed by atoms with Crippen molar-refractivity contribution in [1.82, 2.24) is 0 Å². The van der Waals surface area contributed by atoms with Crippen LogP contribution in [0.4, 0.5) is 5.69 Å². The van der Waals surface area contributed by atoms with Gasteiger partial charge in [-0.25, -0.2) is 0 Å². The molecule has 0 atom stereocenters. The van der Waals surface area contributed by atoms with Gasteiger partial charge in [0.15, 0.2) is 0 Å². The Kier molecular flexibility index (Phi) is 6.42. The van der Waals surface area contributed by atoms with Crippen LogP contribution in [0.1, 0.15) is 58.4 Å². The van der Waals surface area contributed by atoms with Gasteiger partial charge in [0.05, 0.1) is 11.5 Å². The minimum Gasteiger partial charge on any atom is -0.385 e. The van der Waals surface area contributed by atoms with Gasteiger partial charge in [-0.3, -0.25) is 0 Å². The lowest BCUT2D eigenvalue weighted by Crippen LogP contribution is -2.13. The second-order valence-electron chi connectivity index (χ2n) is 5.66. The summed E-state index contributed by atoms with van der Waals surface area (Å²) < 4.78 is 0. The molecule has 0 spiro atoms. The summed E-state index contributed by atoms with van der Waals surface area (Å²) in [6, 6.07) is 10.6. The Labute approximate surface area is 117 Å². The zero-order valence-electron chi connectivity index (χ0n) is 12.5. The molecule has 0 saturated carbocycles. The van der Waals surface area contributed by atoms with Gasteiger partial charge in [0.25, 0.3) is 0 Å². The largest absolute Gasteiger partial charge is 0.385 e. The summed E-state index contributed by atoms with van der Waals surface area (Å²) in [5, 5.41) is 12.5. The number of unbranched alkanes of at least 4 members (excludes halogenated alkanes) is 4. The number of hydrogen-bond donors (Lipinski definition) is 1. The summed E-state index contributed by atoms with van der Waals surface area (Å²) in [7, 11) is 0. The summed E-state index contributed by atoms with van der Waals surface area (Å²) in [4.78, 5) is 0. The van der Waals surface area contributed by atoms with Crippen LogP contribution in [-0.4, -0.2) is 6.54 Å². The maximum atomic E-state index is 9.10. The molecule has 0 bridgehead atoms. The van der Waals surface area contributed by atoms with Gasteiger partial charge < -0.3 is 5.32 Å². The fraction of sp³-hybridized carbons (Fsp3) is 0.588. The zero-order chi connectivity index (χ0) is 14.1. The number of benzene rings is 1. The minimum atomic E-state index is -0.404. The van der Waals surface area contributed by atoms with Crippen LogP contribution in [0, 0.1) is 11.3 Å². The summed E-state index contributed by atoms with van der Waals surface area (Å²) in [6.45, 7) is 7.17. The fourth-order valence-electron chi connectivity index (χ4n) is 2.03. The van der Waals surface area contributed by atoms with Crippen molar-refractivity contribution < 1.29 is 0 Å². The predicted octanol–water partition coefficient (Wildman–Crippen LogP) is 4.87. The van der Waals surface area contributed by atoms with Gasteiger partial charge in [0, 0.05) is 12.2 Å². The van der Waals surface area contributed by atoms with Gasteiger partial charge in [-0.1, -0.05) is 44.7 Å². The molecular weight excluding hydrogens is 232 g/mol. The lowest BCUT2D eigenvalue weighted by molar-refractivity contribution is 0.645. The Bertz CT molecular complexity index is 398. The maximum Gasteiger partial charge on any atom is 0.0766 e. The monoisotopic (exact) mass is 258 g/mol. The highest BCUT2D eigenvalue weighted by molar-refractivity contribution is 5.46. The maximum absolute atomic E-state index is 9.10. The van der Waals surface area contributed by atoms with E-state index in [0.29, 0.717) is 0 Å². The van der Waals surface area contributed by atoms with Crippen LogP contribution < -0.4 is 5.32 Å². The highest BCUT2D eigenvalue weighted by Gasteiger charge is 2.18. The van der Waals surface area contributed by atoms with Crippen LogP contribution in [0.15, 0.2) is 24.3 Å². The highest BCUT2D eigenvalue weighted by atomic mass is 14.9. The van der Waals surface area contributed by atoms with E-state index < -0.39 is 5.41 Å². The average molecular weight is 258 g/mol. The minimum absolute atomic E-state index is 0.404. The van der Waals surface area contributed by atoms with Crippen molar-refractivity contribution in [2.45, 2.75) is 58.3 Å². The second kappa shape index (κ2) is 7.84. The Balaban J connectivity index is 2.35. The van der Waals surface area contributed by atoms with Crippen LogP contribution in [0.5, 0.6) is 0 Å². The third-order valence-electron chi connectivity index (χ3n) is 3.50. The number of nitrogens with one attached hydrogen (secondary N) is 1. The first kappa shape index (κ1) is 15.6. The van der Waals surface area contributed by atoms with Gasteiger partial charge in [-0.15, -0.1) is 0 Å². The summed E-state index contributed by atoms with van der Waals surface area (Å²) >= 11 is 0. The molecule has 104 valence electrons. The van der Waals surface area contributed by atoms with Crippen LogP contribution in [-0.2, 0) is 5.41 Å². The molecule has 19 heavy (non-hydrogen) atoms. The van der Waals surface area contributed by atoms with Crippen molar-refractivity contribution in [3.8, 4) is 6.07 Å². The zero-order valence-corrected chi connectivity index (χ0v) is 12.5. The molecule has 0 aliphatic heterocycles. The first-order chi connectivity index (χ1) is 9.10. The summed E-state index contributed by atoms with van der Waals surface area (Å²) in [5.41, 5.74) is 1.81. The molecule has 0 radical (unpaired) electrons. The van der Waals surface area contributed by atoms with E-state index in [2.05, 4.69) is 30.4 Å².